The van der Waals surface area contributed by atoms with Gasteiger partial charge < -0.3 is 20.3 Å². The van der Waals surface area contributed by atoms with Crippen LogP contribution in [0.25, 0.3) is 0 Å². The summed E-state index contributed by atoms with van der Waals surface area (Å²) in [5.74, 6) is 0.972. The normalized spacial score (nSPS) is 12.0. The summed E-state index contributed by atoms with van der Waals surface area (Å²) in [5, 5.41) is 6.02. The number of rotatable bonds is 10. The number of benzene rings is 2. The van der Waals surface area contributed by atoms with Crippen molar-refractivity contribution in [3.63, 3.8) is 0 Å². The van der Waals surface area contributed by atoms with Crippen molar-refractivity contribution in [2.24, 2.45) is 0 Å². The van der Waals surface area contributed by atoms with Gasteiger partial charge in [-0.05, 0) is 42.0 Å². The van der Waals surface area contributed by atoms with Crippen LogP contribution in [0.5, 0.6) is 5.75 Å². The van der Waals surface area contributed by atoms with E-state index in [0.717, 1.165) is 21.7 Å². The molecule has 1 unspecified atom stereocenters. The second-order valence-corrected chi connectivity index (χ2v) is 8.37. The summed E-state index contributed by atoms with van der Waals surface area (Å²) in [6.07, 6.45) is 0. The van der Waals surface area contributed by atoms with E-state index in [1.54, 1.807) is 19.2 Å². The van der Waals surface area contributed by atoms with Gasteiger partial charge in [-0.2, -0.15) is 0 Å². The molecule has 0 aliphatic carbocycles. The van der Waals surface area contributed by atoms with E-state index < -0.39 is 0 Å². The van der Waals surface area contributed by atoms with Crippen molar-refractivity contribution in [3.05, 3.63) is 53.6 Å². The van der Waals surface area contributed by atoms with Crippen LogP contribution in [0.3, 0.4) is 0 Å². The van der Waals surface area contributed by atoms with Crippen molar-refractivity contribution in [3.8, 4) is 5.75 Å². The molecule has 0 saturated heterocycles. The Morgan fingerprint density at radius 2 is 1.42 bits per heavy atom. The number of likely N-dealkylation sites (N-methyl/N-ethyl adjacent to an activating group) is 1. The van der Waals surface area contributed by atoms with Crippen LogP contribution in [0.4, 0.5) is 11.4 Å². The molecule has 2 amide bonds. The molecule has 2 aromatic carbocycles. The van der Waals surface area contributed by atoms with Gasteiger partial charge in [-0.3, -0.25) is 9.59 Å². The van der Waals surface area contributed by atoms with E-state index in [1.165, 1.54) is 0 Å². The fourth-order valence-electron chi connectivity index (χ4n) is 3.59. The standard InChI is InChI=1S/C25H35N3O3/c1-7-28(15-23(29)26-21-13-8-9-14-22(21)31-6)16-24(30)27-25-19(17(2)3)11-10-12-20(25)18(4)5/h8-14,17-18H,7,15-16H2,1-6H3,(H,26,29)(H,27,30)/p+1. The first kappa shape index (κ1) is 24.4. The minimum Gasteiger partial charge on any atom is -0.495 e. The molecule has 0 bridgehead atoms. The summed E-state index contributed by atoms with van der Waals surface area (Å²) in [5.41, 5.74) is 3.80. The molecule has 6 nitrogen and oxygen atoms in total. The van der Waals surface area contributed by atoms with Crippen LogP contribution in [-0.4, -0.2) is 38.6 Å². The zero-order chi connectivity index (χ0) is 23.0. The van der Waals surface area contributed by atoms with E-state index in [4.69, 9.17) is 4.74 Å². The molecule has 0 aliphatic rings. The third-order valence-corrected chi connectivity index (χ3v) is 5.34. The lowest BCUT2D eigenvalue weighted by molar-refractivity contribution is -0.881. The first-order valence-electron chi connectivity index (χ1n) is 11.0. The van der Waals surface area contributed by atoms with Crippen molar-refractivity contribution in [1.82, 2.24) is 0 Å². The lowest BCUT2D eigenvalue weighted by atomic mass is 9.92. The van der Waals surface area contributed by atoms with Gasteiger partial charge in [0.05, 0.1) is 19.3 Å². The smallest absolute Gasteiger partial charge is 0.279 e. The van der Waals surface area contributed by atoms with Gasteiger partial charge in [-0.15, -0.1) is 0 Å². The minimum absolute atomic E-state index is 0.0862. The molecule has 1 atom stereocenters. The maximum atomic E-state index is 12.9. The lowest BCUT2D eigenvalue weighted by Gasteiger charge is -2.22. The molecule has 0 spiro atoms. The highest BCUT2D eigenvalue weighted by Gasteiger charge is 2.21. The number of amides is 2. The molecule has 6 heteroatoms. The number of nitrogens with one attached hydrogen (secondary N) is 3. The van der Waals surface area contributed by atoms with Gasteiger partial charge in [-0.25, -0.2) is 0 Å². The fraction of sp³-hybridized carbons (Fsp3) is 0.440. The van der Waals surface area contributed by atoms with Crippen LogP contribution in [0, 0.1) is 0 Å². The van der Waals surface area contributed by atoms with Crippen LogP contribution < -0.4 is 20.3 Å². The molecule has 3 N–H and O–H groups in total. The summed E-state index contributed by atoms with van der Waals surface area (Å²) >= 11 is 0. The van der Waals surface area contributed by atoms with Crippen molar-refractivity contribution < 1.29 is 19.2 Å². The number of carbonyl (C=O) groups is 2. The van der Waals surface area contributed by atoms with Crippen LogP contribution in [-0.2, 0) is 9.59 Å². The van der Waals surface area contributed by atoms with Crippen LogP contribution in [0.2, 0.25) is 0 Å². The predicted octanol–water partition coefficient (Wildman–Crippen LogP) is 3.42. The van der Waals surface area contributed by atoms with E-state index in [9.17, 15) is 9.59 Å². The first-order valence-corrected chi connectivity index (χ1v) is 11.0. The lowest BCUT2D eigenvalue weighted by Crippen LogP contribution is -3.13. The Kier molecular flexibility index (Phi) is 9.06. The molecule has 0 aliphatic heterocycles. The predicted molar refractivity (Wildman–Crippen MR) is 126 cm³/mol. The Morgan fingerprint density at radius 3 is 1.94 bits per heavy atom. The molecule has 0 saturated carbocycles. The number of anilines is 2. The van der Waals surface area contributed by atoms with Crippen molar-refractivity contribution in [2.75, 3.05) is 37.4 Å². The fourth-order valence-corrected chi connectivity index (χ4v) is 3.59. The average Bonchev–Trinajstić information content (AvgIpc) is 2.73. The highest BCUT2D eigenvalue weighted by molar-refractivity contribution is 5.95. The Hall–Kier alpha value is -2.86. The maximum Gasteiger partial charge on any atom is 0.279 e. The molecule has 0 radical (unpaired) electrons. The quantitative estimate of drug-likeness (QED) is 0.545. The van der Waals surface area contributed by atoms with Gasteiger partial charge in [0, 0.05) is 5.69 Å². The zero-order valence-corrected chi connectivity index (χ0v) is 19.5. The summed E-state index contributed by atoms with van der Waals surface area (Å²) < 4.78 is 5.28. The molecule has 2 rings (SSSR count). The largest absolute Gasteiger partial charge is 0.495 e. The molecule has 2 aromatic rings. The average molecular weight is 427 g/mol. The number of hydrogen-bond donors (Lipinski definition) is 3. The summed E-state index contributed by atoms with van der Waals surface area (Å²) in [6, 6.07) is 13.5. The third kappa shape index (κ3) is 6.82. The molecular formula is C25H36N3O3+. The van der Waals surface area contributed by atoms with Gasteiger partial charge >= 0.3 is 0 Å². The maximum absolute atomic E-state index is 12.9. The van der Waals surface area contributed by atoms with Crippen molar-refractivity contribution in [1.29, 1.82) is 0 Å². The molecule has 0 heterocycles. The van der Waals surface area contributed by atoms with Gasteiger partial charge in [0.25, 0.3) is 11.8 Å². The Labute approximate surface area is 186 Å². The molecular weight excluding hydrogens is 390 g/mol. The Morgan fingerprint density at radius 1 is 0.871 bits per heavy atom. The minimum atomic E-state index is -0.153. The summed E-state index contributed by atoms with van der Waals surface area (Å²) in [6.45, 7) is 11.6. The molecule has 0 fully saturated rings. The highest BCUT2D eigenvalue weighted by Crippen LogP contribution is 2.32. The van der Waals surface area contributed by atoms with Gasteiger partial charge in [-0.1, -0.05) is 58.0 Å². The summed E-state index contributed by atoms with van der Waals surface area (Å²) in [4.78, 5) is 26.3. The van der Waals surface area contributed by atoms with Crippen LogP contribution >= 0.6 is 0 Å². The number of carbonyl (C=O) groups excluding carboxylic acids is 2. The first-order chi connectivity index (χ1) is 14.8. The van der Waals surface area contributed by atoms with E-state index in [2.05, 4.69) is 50.5 Å². The summed E-state index contributed by atoms with van der Waals surface area (Å²) in [7, 11) is 1.57. The van der Waals surface area contributed by atoms with E-state index >= 15 is 0 Å². The van der Waals surface area contributed by atoms with Crippen LogP contribution in [0.15, 0.2) is 42.5 Å². The van der Waals surface area contributed by atoms with Gasteiger partial charge in [0.1, 0.15) is 5.75 Å². The third-order valence-electron chi connectivity index (χ3n) is 5.34. The molecule has 31 heavy (non-hydrogen) atoms. The number of quaternary nitrogens is 1. The Balaban J connectivity index is 2.06. The number of ether oxygens (including phenoxy) is 1. The van der Waals surface area contributed by atoms with E-state index in [0.29, 0.717) is 29.8 Å². The molecule has 0 aromatic heterocycles. The number of hydrogen-bond acceptors (Lipinski definition) is 3. The second kappa shape index (κ2) is 11.5. The van der Waals surface area contributed by atoms with Crippen molar-refractivity contribution >= 4 is 23.2 Å². The highest BCUT2D eigenvalue weighted by atomic mass is 16.5. The van der Waals surface area contributed by atoms with E-state index in [-0.39, 0.29) is 24.9 Å². The SMILES string of the molecule is CC[NH+](CC(=O)Nc1ccccc1OC)CC(=O)Nc1c(C(C)C)cccc1C(C)C. The number of para-hydroxylation sites is 3. The second-order valence-electron chi connectivity index (χ2n) is 8.37. The van der Waals surface area contributed by atoms with Gasteiger partial charge in [0.15, 0.2) is 13.1 Å². The van der Waals surface area contributed by atoms with Gasteiger partial charge in [0.2, 0.25) is 0 Å². The van der Waals surface area contributed by atoms with Crippen molar-refractivity contribution in [2.45, 2.75) is 46.5 Å². The zero-order valence-electron chi connectivity index (χ0n) is 19.5. The topological polar surface area (TPSA) is 71.9 Å². The van der Waals surface area contributed by atoms with E-state index in [1.807, 2.05) is 25.1 Å². The van der Waals surface area contributed by atoms with Crippen LogP contribution in [0.1, 0.15) is 57.6 Å². The Bertz CT molecular complexity index is 867. The monoisotopic (exact) mass is 426 g/mol. The molecule has 168 valence electrons. The number of methoxy groups -OCH3 is 1.